The van der Waals surface area contributed by atoms with E-state index in [1.165, 1.54) is 0 Å². The molecule has 0 bridgehead atoms. The maximum atomic E-state index is 6.34. The minimum absolute atomic E-state index is 0.433. The number of methoxy groups -OCH3 is 2. The van der Waals surface area contributed by atoms with Gasteiger partial charge in [-0.15, -0.1) is 0 Å². The predicted octanol–water partition coefficient (Wildman–Crippen LogP) is 7.21. The first-order valence-electron chi connectivity index (χ1n) is 11.8. The van der Waals surface area contributed by atoms with E-state index in [0.29, 0.717) is 36.0 Å². The molecule has 5 nitrogen and oxygen atoms in total. The van der Waals surface area contributed by atoms with Crippen LogP contribution >= 0.6 is 0 Å². The number of rotatable bonds is 9. The summed E-state index contributed by atoms with van der Waals surface area (Å²) in [4.78, 5) is 4.74. The zero-order valence-electron chi connectivity index (χ0n) is 20.3. The van der Waals surface area contributed by atoms with Crippen molar-refractivity contribution in [1.29, 1.82) is 0 Å². The number of benzene rings is 4. The highest BCUT2D eigenvalue weighted by Crippen LogP contribution is 2.39. The van der Waals surface area contributed by atoms with Crippen molar-refractivity contribution in [2.45, 2.75) is 13.0 Å². The van der Waals surface area contributed by atoms with Crippen LogP contribution < -0.4 is 18.9 Å². The lowest BCUT2D eigenvalue weighted by Gasteiger charge is -2.16. The maximum Gasteiger partial charge on any atom is 0.171 e. The summed E-state index contributed by atoms with van der Waals surface area (Å²) in [5.41, 5.74) is 3.02. The van der Waals surface area contributed by atoms with Gasteiger partial charge in [-0.2, -0.15) is 0 Å². The van der Waals surface area contributed by atoms with Gasteiger partial charge in [0.2, 0.25) is 0 Å². The van der Waals surface area contributed by atoms with Crippen molar-refractivity contribution in [1.82, 2.24) is 4.98 Å². The molecule has 0 unspecified atom stereocenters. The van der Waals surface area contributed by atoms with Crippen LogP contribution in [0.15, 0.2) is 103 Å². The van der Waals surface area contributed by atoms with Gasteiger partial charge in [-0.3, -0.25) is 4.98 Å². The molecule has 0 radical (unpaired) electrons. The van der Waals surface area contributed by atoms with Gasteiger partial charge < -0.3 is 18.9 Å². The second-order valence-corrected chi connectivity index (χ2v) is 8.30. The van der Waals surface area contributed by atoms with Gasteiger partial charge in [-0.05, 0) is 52.9 Å². The Bertz CT molecular complexity index is 1450. The molecule has 1 heterocycles. The molecular formula is C31H27NO4. The van der Waals surface area contributed by atoms with Crippen LogP contribution in [-0.2, 0) is 13.0 Å². The van der Waals surface area contributed by atoms with E-state index in [1.807, 2.05) is 103 Å². The number of nitrogens with zero attached hydrogens (tertiary/aromatic N) is 1. The Labute approximate surface area is 210 Å². The lowest BCUT2D eigenvalue weighted by Crippen LogP contribution is -2.02. The number of para-hydroxylation sites is 1. The van der Waals surface area contributed by atoms with Crippen LogP contribution in [-0.4, -0.2) is 19.2 Å². The molecule has 0 fully saturated rings. The monoisotopic (exact) mass is 477 g/mol. The molecule has 0 saturated heterocycles. The number of ether oxygens (including phenoxy) is 4. The summed E-state index contributed by atoms with van der Waals surface area (Å²) >= 11 is 0. The van der Waals surface area contributed by atoms with Gasteiger partial charge in [0.15, 0.2) is 23.0 Å². The number of fused-ring (bicyclic) bond motifs is 1. The number of hydrogen-bond donors (Lipinski definition) is 0. The van der Waals surface area contributed by atoms with Crippen molar-refractivity contribution in [3.63, 3.8) is 0 Å². The smallest absolute Gasteiger partial charge is 0.171 e. The number of pyridine rings is 1. The molecule has 0 N–H and O–H groups in total. The Hall–Kier alpha value is -4.51. The summed E-state index contributed by atoms with van der Waals surface area (Å²) in [5, 5.41) is 1.98. The van der Waals surface area contributed by atoms with Crippen LogP contribution in [0, 0.1) is 0 Å². The van der Waals surface area contributed by atoms with E-state index >= 15 is 0 Å². The van der Waals surface area contributed by atoms with Gasteiger partial charge in [0, 0.05) is 18.0 Å². The molecule has 5 heteroatoms. The highest BCUT2D eigenvalue weighted by Gasteiger charge is 2.16. The summed E-state index contributed by atoms with van der Waals surface area (Å²) in [6, 6.07) is 31.7. The van der Waals surface area contributed by atoms with Gasteiger partial charge in [0.1, 0.15) is 12.4 Å². The fourth-order valence-corrected chi connectivity index (χ4v) is 4.17. The van der Waals surface area contributed by atoms with Gasteiger partial charge in [-0.25, -0.2) is 0 Å². The van der Waals surface area contributed by atoms with Crippen molar-refractivity contribution in [2.24, 2.45) is 0 Å². The third-order valence-corrected chi connectivity index (χ3v) is 5.94. The molecule has 0 aliphatic heterocycles. The Morgan fingerprint density at radius 3 is 2.14 bits per heavy atom. The second-order valence-electron chi connectivity index (χ2n) is 8.30. The van der Waals surface area contributed by atoms with Crippen molar-refractivity contribution in [3.8, 4) is 28.7 Å². The molecule has 0 aliphatic carbocycles. The van der Waals surface area contributed by atoms with Crippen LogP contribution in [0.1, 0.15) is 16.8 Å². The van der Waals surface area contributed by atoms with Crippen molar-refractivity contribution in [2.75, 3.05) is 14.2 Å². The van der Waals surface area contributed by atoms with Crippen LogP contribution in [0.2, 0.25) is 0 Å². The fourth-order valence-electron chi connectivity index (χ4n) is 4.17. The van der Waals surface area contributed by atoms with E-state index in [2.05, 4.69) is 0 Å². The van der Waals surface area contributed by atoms with Crippen molar-refractivity contribution in [3.05, 3.63) is 120 Å². The molecule has 36 heavy (non-hydrogen) atoms. The quantitative estimate of drug-likeness (QED) is 0.224. The average Bonchev–Trinajstić information content (AvgIpc) is 2.93. The van der Waals surface area contributed by atoms with Gasteiger partial charge in [0.05, 0.1) is 19.9 Å². The summed E-state index contributed by atoms with van der Waals surface area (Å²) < 4.78 is 23.7. The highest BCUT2D eigenvalue weighted by molar-refractivity contribution is 5.92. The first kappa shape index (κ1) is 23.2. The van der Waals surface area contributed by atoms with Crippen LogP contribution in [0.25, 0.3) is 10.8 Å². The van der Waals surface area contributed by atoms with E-state index in [9.17, 15) is 0 Å². The normalized spacial score (nSPS) is 10.7. The zero-order valence-corrected chi connectivity index (χ0v) is 20.3. The lowest BCUT2D eigenvalue weighted by molar-refractivity contribution is 0.288. The van der Waals surface area contributed by atoms with E-state index in [0.717, 1.165) is 33.3 Å². The summed E-state index contributed by atoms with van der Waals surface area (Å²) in [6.45, 7) is 0.433. The third-order valence-electron chi connectivity index (χ3n) is 5.94. The molecule has 0 amide bonds. The predicted molar refractivity (Wildman–Crippen MR) is 141 cm³/mol. The molecule has 0 aliphatic rings. The SMILES string of the molecule is COc1ccc(Cc2nccc3ccc(OC)c(OCc4ccccc4)c23)cc1Oc1ccccc1. The number of aromatic nitrogens is 1. The fraction of sp³-hybridized carbons (Fsp3) is 0.129. The molecule has 1 aromatic heterocycles. The topological polar surface area (TPSA) is 49.8 Å². The standard InChI is InChI=1S/C31H27NO4/c1-33-27-15-13-23(20-29(27)36-25-11-7-4-8-12-25)19-26-30-24(17-18-32-26)14-16-28(34-2)31(30)35-21-22-9-5-3-6-10-22/h3-18,20H,19,21H2,1-2H3. The Kier molecular flexibility index (Phi) is 6.99. The van der Waals surface area contributed by atoms with Crippen molar-refractivity contribution >= 4 is 10.8 Å². The minimum atomic E-state index is 0.433. The van der Waals surface area contributed by atoms with E-state index < -0.39 is 0 Å². The average molecular weight is 478 g/mol. The minimum Gasteiger partial charge on any atom is -0.493 e. The van der Waals surface area contributed by atoms with E-state index in [4.69, 9.17) is 23.9 Å². The maximum absolute atomic E-state index is 6.34. The first-order valence-corrected chi connectivity index (χ1v) is 11.8. The van der Waals surface area contributed by atoms with Gasteiger partial charge in [-0.1, -0.05) is 60.7 Å². The molecular weight excluding hydrogens is 450 g/mol. The number of hydrogen-bond acceptors (Lipinski definition) is 5. The highest BCUT2D eigenvalue weighted by atomic mass is 16.5. The summed E-state index contributed by atoms with van der Waals surface area (Å²) in [6.07, 6.45) is 2.41. The molecule has 0 atom stereocenters. The van der Waals surface area contributed by atoms with E-state index in [-0.39, 0.29) is 0 Å². The second kappa shape index (κ2) is 10.8. The molecule has 5 rings (SSSR count). The Morgan fingerprint density at radius 2 is 1.39 bits per heavy atom. The van der Waals surface area contributed by atoms with Crippen LogP contribution in [0.3, 0.4) is 0 Å². The summed E-state index contributed by atoms with van der Waals surface area (Å²) in [5.74, 6) is 3.44. The molecule has 0 spiro atoms. The third kappa shape index (κ3) is 5.10. The largest absolute Gasteiger partial charge is 0.493 e. The molecule has 4 aromatic carbocycles. The lowest BCUT2D eigenvalue weighted by atomic mass is 10.0. The van der Waals surface area contributed by atoms with Crippen LogP contribution in [0.5, 0.6) is 28.7 Å². The van der Waals surface area contributed by atoms with Crippen molar-refractivity contribution < 1.29 is 18.9 Å². The summed E-state index contributed by atoms with van der Waals surface area (Å²) in [7, 11) is 3.30. The Morgan fingerprint density at radius 1 is 0.667 bits per heavy atom. The van der Waals surface area contributed by atoms with Gasteiger partial charge >= 0.3 is 0 Å². The first-order chi connectivity index (χ1) is 17.7. The molecule has 5 aromatic rings. The molecule has 0 saturated carbocycles. The Balaban J connectivity index is 1.51. The zero-order chi connectivity index (χ0) is 24.7. The van der Waals surface area contributed by atoms with Crippen LogP contribution in [0.4, 0.5) is 0 Å². The molecule has 180 valence electrons. The van der Waals surface area contributed by atoms with E-state index in [1.54, 1.807) is 14.2 Å². The van der Waals surface area contributed by atoms with Gasteiger partial charge in [0.25, 0.3) is 0 Å².